The van der Waals surface area contributed by atoms with Crippen LogP contribution in [0.1, 0.15) is 47.5 Å². The number of halogens is 1. The first-order valence-electron chi connectivity index (χ1n) is 9.67. The number of carbonyl (C=O) groups excluding carboxylic acids is 1. The minimum atomic E-state index is -0.491. The lowest BCUT2D eigenvalue weighted by atomic mass is 9.79. The van der Waals surface area contributed by atoms with E-state index in [1.165, 1.54) is 24.3 Å². The van der Waals surface area contributed by atoms with E-state index in [-0.39, 0.29) is 17.7 Å². The zero-order valence-corrected chi connectivity index (χ0v) is 16.5. The van der Waals surface area contributed by atoms with Crippen molar-refractivity contribution in [2.24, 2.45) is 0 Å². The van der Waals surface area contributed by atoms with Crippen LogP contribution in [0.4, 0.5) is 5.69 Å². The molecule has 0 N–H and O–H groups in total. The molecule has 0 spiro atoms. The summed E-state index contributed by atoms with van der Waals surface area (Å²) in [6.07, 6.45) is 3.41. The zero-order chi connectivity index (χ0) is 20.4. The summed E-state index contributed by atoms with van der Waals surface area (Å²) >= 11 is 6.60. The molecule has 0 amide bonds. The number of non-ortho nitro benzene ring substituents is 1. The highest BCUT2D eigenvalue weighted by Gasteiger charge is 2.32. The normalized spacial score (nSPS) is 19.1. The van der Waals surface area contributed by atoms with Crippen molar-refractivity contribution in [2.75, 3.05) is 0 Å². The topological polar surface area (TPSA) is 69.4 Å². The lowest BCUT2D eigenvalue weighted by molar-refractivity contribution is -0.384. The van der Waals surface area contributed by atoms with E-state index in [9.17, 15) is 14.9 Å². The molecule has 1 saturated carbocycles. The van der Waals surface area contributed by atoms with E-state index in [0.717, 1.165) is 42.0 Å². The maximum atomic E-state index is 12.7. The second kappa shape index (κ2) is 8.21. The third kappa shape index (κ3) is 3.96. The van der Waals surface area contributed by atoms with Gasteiger partial charge in [-0.05, 0) is 53.8 Å². The van der Waals surface area contributed by atoms with Crippen molar-refractivity contribution in [2.45, 2.75) is 37.7 Å². The number of carbonyl (C=O) groups is 1. The molecule has 0 unspecified atom stereocenters. The van der Waals surface area contributed by atoms with Crippen LogP contribution in [-0.4, -0.2) is 17.0 Å². The lowest BCUT2D eigenvalue weighted by Crippen LogP contribution is -2.29. The molecule has 148 valence electrons. The van der Waals surface area contributed by atoms with Crippen molar-refractivity contribution in [3.63, 3.8) is 0 Å². The van der Waals surface area contributed by atoms with Crippen molar-refractivity contribution < 1.29 is 14.5 Å². The molecule has 4 rings (SSSR count). The van der Waals surface area contributed by atoms with Crippen LogP contribution in [0.25, 0.3) is 10.8 Å². The van der Waals surface area contributed by atoms with Gasteiger partial charge in [0.05, 0.1) is 10.5 Å². The standard InChI is InChI=1S/C23H20ClNO4/c24-20-14-11-15-5-1-2-6-18(15)22(20)19-7-3-4-8-21(19)29-23(26)16-9-12-17(13-10-16)25(27)28/h1-2,5-6,9-14,19,21H,3-4,7-8H2/t19-,21+/m1/s1. The van der Waals surface area contributed by atoms with Crippen LogP contribution in [0.5, 0.6) is 0 Å². The monoisotopic (exact) mass is 409 g/mol. The van der Waals surface area contributed by atoms with Crippen LogP contribution < -0.4 is 0 Å². The largest absolute Gasteiger partial charge is 0.458 e. The van der Waals surface area contributed by atoms with E-state index in [1.54, 1.807) is 0 Å². The number of rotatable bonds is 4. The van der Waals surface area contributed by atoms with Gasteiger partial charge in [0, 0.05) is 23.1 Å². The Morgan fingerprint density at radius 2 is 1.72 bits per heavy atom. The first-order valence-corrected chi connectivity index (χ1v) is 10.0. The zero-order valence-electron chi connectivity index (χ0n) is 15.7. The van der Waals surface area contributed by atoms with Crippen LogP contribution >= 0.6 is 11.6 Å². The molecule has 0 heterocycles. The maximum Gasteiger partial charge on any atom is 0.338 e. The number of ether oxygens (including phenoxy) is 1. The SMILES string of the molecule is O=C(O[C@H]1CCCC[C@H]1c1c(Cl)ccc2ccccc12)c1ccc([N+](=O)[O-])cc1. The van der Waals surface area contributed by atoms with E-state index in [0.29, 0.717) is 10.6 Å². The molecular weight excluding hydrogens is 390 g/mol. The third-order valence-corrected chi connectivity index (χ3v) is 5.89. The molecule has 5 nitrogen and oxygen atoms in total. The van der Waals surface area contributed by atoms with Crippen LogP contribution in [-0.2, 0) is 4.74 Å². The Hall–Kier alpha value is -2.92. The summed E-state index contributed by atoms with van der Waals surface area (Å²) in [5, 5.41) is 13.7. The lowest BCUT2D eigenvalue weighted by Gasteiger charge is -2.32. The Balaban J connectivity index is 1.62. The van der Waals surface area contributed by atoms with Gasteiger partial charge in [0.15, 0.2) is 0 Å². The van der Waals surface area contributed by atoms with Crippen molar-refractivity contribution >= 4 is 34.0 Å². The predicted octanol–water partition coefficient (Wildman–Crippen LogP) is 6.28. The molecule has 1 fully saturated rings. The fraction of sp³-hybridized carbons (Fsp3) is 0.261. The maximum absolute atomic E-state index is 12.7. The minimum absolute atomic E-state index is 0.0179. The van der Waals surface area contributed by atoms with Crippen molar-refractivity contribution in [1.82, 2.24) is 0 Å². The molecule has 0 saturated heterocycles. The van der Waals surface area contributed by atoms with Gasteiger partial charge in [-0.2, -0.15) is 0 Å². The molecule has 1 aliphatic rings. The molecule has 0 bridgehead atoms. The third-order valence-electron chi connectivity index (χ3n) is 5.56. The van der Waals surface area contributed by atoms with Gasteiger partial charge >= 0.3 is 5.97 Å². The highest BCUT2D eigenvalue weighted by Crippen LogP contribution is 2.42. The quantitative estimate of drug-likeness (QED) is 0.288. The van der Waals surface area contributed by atoms with Crippen LogP contribution in [0.15, 0.2) is 60.7 Å². The van der Waals surface area contributed by atoms with Gasteiger partial charge in [-0.25, -0.2) is 4.79 Å². The Bertz CT molecular complexity index is 1060. The summed E-state index contributed by atoms with van der Waals surface area (Å²) in [5.41, 5.74) is 1.29. The Kier molecular flexibility index (Phi) is 5.49. The van der Waals surface area contributed by atoms with Crippen molar-refractivity contribution in [1.29, 1.82) is 0 Å². The number of hydrogen-bond donors (Lipinski definition) is 0. The number of nitro benzene ring substituents is 1. The van der Waals surface area contributed by atoms with E-state index >= 15 is 0 Å². The number of benzene rings is 3. The molecular formula is C23H20ClNO4. The summed E-state index contributed by atoms with van der Waals surface area (Å²) in [6, 6.07) is 17.5. The molecule has 29 heavy (non-hydrogen) atoms. The van der Waals surface area contributed by atoms with Crippen LogP contribution in [0.2, 0.25) is 5.02 Å². The minimum Gasteiger partial charge on any atom is -0.458 e. The van der Waals surface area contributed by atoms with Gasteiger partial charge in [0.2, 0.25) is 0 Å². The van der Waals surface area contributed by atoms with Gasteiger partial charge in [-0.1, -0.05) is 48.4 Å². The van der Waals surface area contributed by atoms with Crippen LogP contribution in [0, 0.1) is 10.1 Å². The molecule has 3 aromatic carbocycles. The van der Waals surface area contributed by atoms with Crippen molar-refractivity contribution in [3.05, 3.63) is 86.9 Å². The molecule has 1 aliphatic carbocycles. The second-order valence-corrected chi connectivity index (χ2v) is 7.73. The molecule has 0 aliphatic heterocycles. The fourth-order valence-electron chi connectivity index (χ4n) is 4.14. The highest BCUT2D eigenvalue weighted by molar-refractivity contribution is 6.32. The Morgan fingerprint density at radius 3 is 2.48 bits per heavy atom. The first-order chi connectivity index (χ1) is 14.0. The number of hydrogen-bond acceptors (Lipinski definition) is 4. The average Bonchev–Trinajstić information content (AvgIpc) is 2.74. The summed E-state index contributed by atoms with van der Waals surface area (Å²) in [6.45, 7) is 0. The number of nitro groups is 1. The van der Waals surface area contributed by atoms with E-state index in [4.69, 9.17) is 16.3 Å². The van der Waals surface area contributed by atoms with Gasteiger partial charge in [0.25, 0.3) is 5.69 Å². The molecule has 3 aromatic rings. The average molecular weight is 410 g/mol. The first kappa shape index (κ1) is 19.4. The number of nitrogens with zero attached hydrogens (tertiary/aromatic N) is 1. The smallest absolute Gasteiger partial charge is 0.338 e. The van der Waals surface area contributed by atoms with Gasteiger partial charge in [-0.3, -0.25) is 10.1 Å². The fourth-order valence-corrected chi connectivity index (χ4v) is 4.44. The van der Waals surface area contributed by atoms with E-state index in [2.05, 4.69) is 12.1 Å². The molecule has 6 heteroatoms. The van der Waals surface area contributed by atoms with E-state index in [1.807, 2.05) is 24.3 Å². The number of fused-ring (bicyclic) bond motifs is 1. The molecule has 0 radical (unpaired) electrons. The predicted molar refractivity (Wildman–Crippen MR) is 112 cm³/mol. The summed E-state index contributed by atoms with van der Waals surface area (Å²) in [4.78, 5) is 23.0. The Morgan fingerprint density at radius 1 is 1.00 bits per heavy atom. The number of esters is 1. The summed E-state index contributed by atoms with van der Waals surface area (Å²) in [7, 11) is 0. The van der Waals surface area contributed by atoms with Gasteiger partial charge in [0.1, 0.15) is 6.10 Å². The van der Waals surface area contributed by atoms with Crippen LogP contribution in [0.3, 0.4) is 0 Å². The summed E-state index contributed by atoms with van der Waals surface area (Å²) in [5.74, 6) is -0.447. The molecule has 2 atom stereocenters. The van der Waals surface area contributed by atoms with Crippen molar-refractivity contribution in [3.8, 4) is 0 Å². The highest BCUT2D eigenvalue weighted by atomic mass is 35.5. The van der Waals surface area contributed by atoms with E-state index < -0.39 is 10.9 Å². The summed E-state index contributed by atoms with van der Waals surface area (Å²) < 4.78 is 5.88. The van der Waals surface area contributed by atoms with Gasteiger partial charge in [-0.15, -0.1) is 0 Å². The van der Waals surface area contributed by atoms with Gasteiger partial charge < -0.3 is 4.74 Å². The second-order valence-electron chi connectivity index (χ2n) is 7.32. The Labute approximate surface area is 173 Å². The molecule has 0 aromatic heterocycles.